The fourth-order valence-electron chi connectivity index (χ4n) is 3.87. The molecule has 1 fully saturated rings. The fourth-order valence-corrected chi connectivity index (χ4v) is 3.87. The second-order valence-electron chi connectivity index (χ2n) is 6.86. The van der Waals surface area contributed by atoms with Crippen molar-refractivity contribution in [3.05, 3.63) is 108 Å². The van der Waals surface area contributed by atoms with Gasteiger partial charge >= 0.3 is 6.03 Å². The predicted molar refractivity (Wildman–Crippen MR) is 105 cm³/mol. The van der Waals surface area contributed by atoms with E-state index in [1.807, 2.05) is 91.0 Å². The van der Waals surface area contributed by atoms with Gasteiger partial charge in [-0.3, -0.25) is 4.90 Å². The highest BCUT2D eigenvalue weighted by molar-refractivity contribution is 5.79. The van der Waals surface area contributed by atoms with Crippen LogP contribution in [0.3, 0.4) is 0 Å². The van der Waals surface area contributed by atoms with E-state index in [0.29, 0.717) is 12.1 Å². The lowest BCUT2D eigenvalue weighted by Crippen LogP contribution is -2.43. The first-order valence-corrected chi connectivity index (χ1v) is 9.03. The number of aliphatic hydroxyl groups is 1. The second kappa shape index (κ2) is 6.89. The minimum Gasteiger partial charge on any atom is -0.365 e. The van der Waals surface area contributed by atoms with Gasteiger partial charge in [0.25, 0.3) is 0 Å². The van der Waals surface area contributed by atoms with Crippen LogP contribution < -0.4 is 0 Å². The van der Waals surface area contributed by atoms with E-state index in [2.05, 4.69) is 0 Å². The predicted octanol–water partition coefficient (Wildman–Crippen LogP) is 4.14. The Kier molecular flexibility index (Phi) is 4.42. The quantitative estimate of drug-likeness (QED) is 0.762. The van der Waals surface area contributed by atoms with Crippen LogP contribution in [0, 0.1) is 0 Å². The molecule has 2 amide bonds. The van der Waals surface area contributed by atoms with Gasteiger partial charge in [-0.25, -0.2) is 4.79 Å². The Morgan fingerprint density at radius 3 is 1.96 bits per heavy atom. The summed E-state index contributed by atoms with van der Waals surface area (Å²) in [4.78, 5) is 16.4. The number of hydrogen-bond acceptors (Lipinski definition) is 2. The lowest BCUT2D eigenvalue weighted by atomic mass is 9.89. The minimum absolute atomic E-state index is 0.195. The van der Waals surface area contributed by atoms with E-state index in [9.17, 15) is 9.90 Å². The van der Waals surface area contributed by atoms with Crippen molar-refractivity contribution in [3.8, 4) is 0 Å². The third kappa shape index (κ3) is 2.88. The molecular formula is C23H22N2O2. The summed E-state index contributed by atoms with van der Waals surface area (Å²) in [5.74, 6) is 0. The third-order valence-corrected chi connectivity index (χ3v) is 5.25. The van der Waals surface area contributed by atoms with Gasteiger partial charge in [0.05, 0.1) is 0 Å². The molecule has 1 saturated heterocycles. The maximum atomic E-state index is 13.2. The zero-order valence-corrected chi connectivity index (χ0v) is 15.2. The summed E-state index contributed by atoms with van der Waals surface area (Å²) < 4.78 is 0. The van der Waals surface area contributed by atoms with Crippen LogP contribution in [0.25, 0.3) is 0 Å². The second-order valence-corrected chi connectivity index (χ2v) is 6.86. The Morgan fingerprint density at radius 1 is 0.852 bits per heavy atom. The van der Waals surface area contributed by atoms with Gasteiger partial charge in [-0.2, -0.15) is 0 Å². The van der Waals surface area contributed by atoms with E-state index in [0.717, 1.165) is 11.1 Å². The largest absolute Gasteiger partial charge is 0.365 e. The summed E-state index contributed by atoms with van der Waals surface area (Å²) in [5, 5.41) is 11.8. The van der Waals surface area contributed by atoms with Gasteiger partial charge in [0.2, 0.25) is 0 Å². The molecule has 27 heavy (non-hydrogen) atoms. The van der Waals surface area contributed by atoms with Crippen LogP contribution in [0.1, 0.15) is 22.7 Å². The molecule has 3 aromatic carbocycles. The maximum Gasteiger partial charge on any atom is 0.323 e. The molecule has 1 N–H and O–H groups in total. The van der Waals surface area contributed by atoms with Crippen molar-refractivity contribution in [1.29, 1.82) is 0 Å². The van der Waals surface area contributed by atoms with Gasteiger partial charge in [-0.15, -0.1) is 0 Å². The van der Waals surface area contributed by atoms with Crippen LogP contribution in [-0.2, 0) is 12.3 Å². The molecule has 1 aliphatic heterocycles. The van der Waals surface area contributed by atoms with Crippen molar-refractivity contribution in [2.24, 2.45) is 0 Å². The molecule has 0 radical (unpaired) electrons. The molecule has 4 nitrogen and oxygen atoms in total. The average molecular weight is 358 g/mol. The van der Waals surface area contributed by atoms with E-state index < -0.39 is 11.8 Å². The van der Waals surface area contributed by atoms with E-state index in [4.69, 9.17) is 0 Å². The first kappa shape index (κ1) is 17.3. The molecular weight excluding hydrogens is 336 g/mol. The molecule has 0 spiro atoms. The highest BCUT2D eigenvalue weighted by Gasteiger charge is 2.56. The molecule has 4 heteroatoms. The van der Waals surface area contributed by atoms with Gasteiger partial charge in [-0.1, -0.05) is 91.0 Å². The van der Waals surface area contributed by atoms with Crippen LogP contribution in [0.2, 0.25) is 0 Å². The molecule has 4 rings (SSSR count). The highest BCUT2D eigenvalue weighted by atomic mass is 16.3. The molecule has 0 aromatic heterocycles. The van der Waals surface area contributed by atoms with E-state index in [-0.39, 0.29) is 6.03 Å². The smallest absolute Gasteiger partial charge is 0.323 e. The summed E-state index contributed by atoms with van der Waals surface area (Å²) >= 11 is 0. The van der Waals surface area contributed by atoms with Crippen LogP contribution in [0.15, 0.2) is 91.0 Å². The van der Waals surface area contributed by atoms with Gasteiger partial charge in [-0.05, 0) is 11.1 Å². The van der Waals surface area contributed by atoms with Gasteiger partial charge < -0.3 is 10.0 Å². The molecule has 0 saturated carbocycles. The Morgan fingerprint density at radius 2 is 1.37 bits per heavy atom. The number of amides is 2. The number of benzene rings is 3. The number of carbonyl (C=O) groups is 1. The molecule has 2 atom stereocenters. The Labute approximate surface area is 159 Å². The standard InChI is InChI=1S/C23H22N2O2/c1-24-22(26)25(17-18-11-5-2-6-12-18)21(19-13-7-3-8-14-19)23(24,27)20-15-9-4-10-16-20/h2-16,21,27H,17H2,1H3. The Bertz CT molecular complexity index is 915. The lowest BCUT2D eigenvalue weighted by Gasteiger charge is -2.36. The topological polar surface area (TPSA) is 43.8 Å². The van der Waals surface area contributed by atoms with Crippen molar-refractivity contribution in [2.45, 2.75) is 18.3 Å². The summed E-state index contributed by atoms with van der Waals surface area (Å²) in [5.41, 5.74) is 1.18. The number of urea groups is 1. The number of rotatable bonds is 4. The molecule has 0 bridgehead atoms. The Balaban J connectivity index is 1.84. The SMILES string of the molecule is CN1C(=O)N(Cc2ccccc2)C(c2ccccc2)C1(O)c1ccccc1. The van der Waals surface area contributed by atoms with Crippen molar-refractivity contribution in [1.82, 2.24) is 9.80 Å². The first-order chi connectivity index (χ1) is 13.1. The number of likely N-dealkylation sites (N-methyl/N-ethyl adjacent to an activating group) is 1. The lowest BCUT2D eigenvalue weighted by molar-refractivity contribution is -0.0863. The summed E-state index contributed by atoms with van der Waals surface area (Å²) in [6, 6.07) is 28.3. The third-order valence-electron chi connectivity index (χ3n) is 5.25. The molecule has 1 heterocycles. The summed E-state index contributed by atoms with van der Waals surface area (Å²) in [7, 11) is 1.66. The molecule has 3 aromatic rings. The number of hydrogen-bond donors (Lipinski definition) is 1. The van der Waals surface area contributed by atoms with E-state index in [1.165, 1.54) is 4.90 Å². The summed E-state index contributed by atoms with van der Waals surface area (Å²) in [6.07, 6.45) is 0. The molecule has 2 unspecified atom stereocenters. The van der Waals surface area contributed by atoms with Crippen molar-refractivity contribution in [3.63, 3.8) is 0 Å². The highest BCUT2D eigenvalue weighted by Crippen LogP contribution is 2.47. The van der Waals surface area contributed by atoms with Gasteiger partial charge in [0.1, 0.15) is 6.04 Å². The van der Waals surface area contributed by atoms with Crippen LogP contribution in [0.5, 0.6) is 0 Å². The normalized spacial score (nSPS) is 22.3. The van der Waals surface area contributed by atoms with E-state index >= 15 is 0 Å². The average Bonchev–Trinajstić information content (AvgIpc) is 2.92. The van der Waals surface area contributed by atoms with Crippen molar-refractivity contribution < 1.29 is 9.90 Å². The monoisotopic (exact) mass is 358 g/mol. The number of carbonyl (C=O) groups excluding carboxylic acids is 1. The van der Waals surface area contributed by atoms with Gasteiger partial charge in [0, 0.05) is 19.2 Å². The minimum atomic E-state index is -1.45. The zero-order valence-electron chi connectivity index (χ0n) is 15.2. The van der Waals surface area contributed by atoms with Crippen LogP contribution in [0.4, 0.5) is 4.79 Å². The molecule has 136 valence electrons. The summed E-state index contributed by atoms with van der Waals surface area (Å²) in [6.45, 7) is 0.429. The zero-order chi connectivity index (χ0) is 18.9. The van der Waals surface area contributed by atoms with E-state index in [1.54, 1.807) is 11.9 Å². The first-order valence-electron chi connectivity index (χ1n) is 9.03. The molecule has 0 aliphatic carbocycles. The maximum absolute atomic E-state index is 13.2. The Hall–Kier alpha value is -3.11. The fraction of sp³-hybridized carbons (Fsp3) is 0.174. The van der Waals surface area contributed by atoms with Crippen LogP contribution >= 0.6 is 0 Å². The molecule has 1 aliphatic rings. The number of nitrogens with zero attached hydrogens (tertiary/aromatic N) is 2. The van der Waals surface area contributed by atoms with Crippen molar-refractivity contribution >= 4 is 6.03 Å². The van der Waals surface area contributed by atoms with Crippen molar-refractivity contribution in [2.75, 3.05) is 7.05 Å². The van der Waals surface area contributed by atoms with Crippen LogP contribution in [-0.4, -0.2) is 28.0 Å². The van der Waals surface area contributed by atoms with Gasteiger partial charge in [0.15, 0.2) is 5.72 Å².